The average Bonchev–Trinajstić information content (AvgIpc) is 2.77. The first-order valence-corrected chi connectivity index (χ1v) is 8.19. The summed E-state index contributed by atoms with van der Waals surface area (Å²) in [6.45, 7) is 5.62. The monoisotopic (exact) mass is 319 g/mol. The van der Waals surface area contributed by atoms with E-state index in [1.807, 2.05) is 17.0 Å². The molecular formula is C16H25N5O2. The van der Waals surface area contributed by atoms with Crippen molar-refractivity contribution in [3.63, 3.8) is 0 Å². The highest BCUT2D eigenvalue weighted by Gasteiger charge is 2.28. The zero-order valence-electron chi connectivity index (χ0n) is 13.6. The van der Waals surface area contributed by atoms with Gasteiger partial charge in [0.1, 0.15) is 0 Å². The number of aliphatic hydroxyl groups excluding tert-OH is 1. The maximum atomic E-state index is 12.7. The Hall–Kier alpha value is -1.86. The number of nitrogens with zero attached hydrogens (tertiary/aromatic N) is 5. The lowest BCUT2D eigenvalue weighted by atomic mass is 10.3. The van der Waals surface area contributed by atoms with E-state index in [0.29, 0.717) is 19.6 Å². The molecule has 2 saturated heterocycles. The fourth-order valence-electron chi connectivity index (χ4n) is 3.15. The van der Waals surface area contributed by atoms with Crippen molar-refractivity contribution in [2.45, 2.75) is 6.10 Å². The molecule has 1 N–H and O–H groups in total. The number of pyridine rings is 1. The van der Waals surface area contributed by atoms with E-state index in [9.17, 15) is 9.90 Å². The number of amides is 2. The number of hydrogen-bond donors (Lipinski definition) is 1. The minimum atomic E-state index is -0.540. The van der Waals surface area contributed by atoms with Gasteiger partial charge in [0.05, 0.1) is 12.6 Å². The van der Waals surface area contributed by atoms with Crippen LogP contribution in [0, 0.1) is 0 Å². The van der Waals surface area contributed by atoms with Crippen LogP contribution in [-0.4, -0.2) is 96.3 Å². The third kappa shape index (κ3) is 3.92. The van der Waals surface area contributed by atoms with Crippen LogP contribution in [0.3, 0.4) is 0 Å². The molecule has 0 aromatic carbocycles. The summed E-state index contributed by atoms with van der Waals surface area (Å²) in [4.78, 5) is 24.8. The van der Waals surface area contributed by atoms with Gasteiger partial charge >= 0.3 is 6.03 Å². The second-order valence-electron chi connectivity index (χ2n) is 6.32. The molecule has 0 spiro atoms. The highest BCUT2D eigenvalue weighted by atomic mass is 16.3. The first-order valence-electron chi connectivity index (χ1n) is 8.19. The summed E-state index contributed by atoms with van der Waals surface area (Å²) < 4.78 is 0. The van der Waals surface area contributed by atoms with Crippen LogP contribution in [0.15, 0.2) is 24.5 Å². The predicted molar refractivity (Wildman–Crippen MR) is 88.5 cm³/mol. The van der Waals surface area contributed by atoms with Crippen molar-refractivity contribution in [2.75, 3.05) is 64.3 Å². The second-order valence-corrected chi connectivity index (χ2v) is 6.32. The fraction of sp³-hybridized carbons (Fsp3) is 0.625. The molecule has 0 aliphatic carbocycles. The first kappa shape index (κ1) is 16.0. The molecule has 1 aromatic heterocycles. The highest BCUT2D eigenvalue weighted by Crippen LogP contribution is 2.16. The molecule has 7 nitrogen and oxygen atoms in total. The maximum Gasteiger partial charge on any atom is 0.320 e. The van der Waals surface area contributed by atoms with E-state index < -0.39 is 6.10 Å². The SMILES string of the molecule is CN1CCN(C(=O)N2CCN(c3ccncc3)CC(O)C2)CC1. The van der Waals surface area contributed by atoms with Crippen LogP contribution in [-0.2, 0) is 0 Å². The van der Waals surface area contributed by atoms with Crippen molar-refractivity contribution in [3.8, 4) is 0 Å². The van der Waals surface area contributed by atoms with Gasteiger partial charge in [-0.2, -0.15) is 0 Å². The van der Waals surface area contributed by atoms with Gasteiger partial charge in [-0.15, -0.1) is 0 Å². The van der Waals surface area contributed by atoms with Crippen molar-refractivity contribution in [1.29, 1.82) is 0 Å². The average molecular weight is 319 g/mol. The number of carbonyl (C=O) groups is 1. The number of aromatic nitrogens is 1. The van der Waals surface area contributed by atoms with E-state index in [-0.39, 0.29) is 6.03 Å². The largest absolute Gasteiger partial charge is 0.389 e. The number of rotatable bonds is 1. The molecule has 3 heterocycles. The van der Waals surface area contributed by atoms with Crippen LogP contribution >= 0.6 is 0 Å². The van der Waals surface area contributed by atoms with Crippen LogP contribution in [0.2, 0.25) is 0 Å². The standard InChI is InChI=1S/C16H25N5O2/c1-18-6-8-19(9-7-18)16(23)21-11-10-20(12-15(22)13-21)14-2-4-17-5-3-14/h2-5,15,22H,6-13H2,1H3. The molecule has 2 aliphatic rings. The molecular weight excluding hydrogens is 294 g/mol. The topological polar surface area (TPSA) is 63.2 Å². The Morgan fingerprint density at radius 3 is 2.39 bits per heavy atom. The second kappa shape index (κ2) is 7.14. The third-order valence-electron chi connectivity index (χ3n) is 4.57. The number of aliphatic hydroxyl groups is 1. The summed E-state index contributed by atoms with van der Waals surface area (Å²) >= 11 is 0. The van der Waals surface area contributed by atoms with Gasteiger partial charge in [0, 0.05) is 63.9 Å². The Morgan fingerprint density at radius 1 is 1.04 bits per heavy atom. The molecule has 1 unspecified atom stereocenters. The number of hydrogen-bond acceptors (Lipinski definition) is 5. The molecule has 7 heteroatoms. The van der Waals surface area contributed by atoms with Crippen LogP contribution in [0.4, 0.5) is 10.5 Å². The van der Waals surface area contributed by atoms with Gasteiger partial charge in [-0.1, -0.05) is 0 Å². The minimum Gasteiger partial charge on any atom is -0.389 e. The normalized spacial score (nSPS) is 23.7. The lowest BCUT2D eigenvalue weighted by Gasteiger charge is -2.36. The van der Waals surface area contributed by atoms with Gasteiger partial charge in [-0.3, -0.25) is 4.98 Å². The predicted octanol–water partition coefficient (Wildman–Crippen LogP) is -0.0681. The number of piperazine rings is 1. The number of anilines is 1. The molecule has 0 saturated carbocycles. The first-order chi connectivity index (χ1) is 11.1. The van der Waals surface area contributed by atoms with Crippen molar-refractivity contribution in [3.05, 3.63) is 24.5 Å². The summed E-state index contributed by atoms with van der Waals surface area (Å²) in [5.41, 5.74) is 1.04. The molecule has 2 fully saturated rings. The maximum absolute atomic E-state index is 12.7. The Labute approximate surface area is 137 Å². The van der Waals surface area contributed by atoms with Gasteiger partial charge in [0.15, 0.2) is 0 Å². The Bertz CT molecular complexity index is 518. The number of urea groups is 1. The molecule has 3 rings (SSSR count). The van der Waals surface area contributed by atoms with Gasteiger partial charge < -0.3 is 24.7 Å². The lowest BCUT2D eigenvalue weighted by Crippen LogP contribution is -2.53. The van der Waals surface area contributed by atoms with E-state index in [4.69, 9.17) is 0 Å². The summed E-state index contributed by atoms with van der Waals surface area (Å²) in [6.07, 6.45) is 2.96. The molecule has 1 atom stereocenters. The van der Waals surface area contributed by atoms with Gasteiger partial charge in [-0.05, 0) is 19.2 Å². The van der Waals surface area contributed by atoms with Crippen LogP contribution in [0.1, 0.15) is 0 Å². The summed E-state index contributed by atoms with van der Waals surface area (Å²) in [6, 6.07) is 3.92. The van der Waals surface area contributed by atoms with E-state index in [0.717, 1.165) is 38.4 Å². The zero-order chi connectivity index (χ0) is 16.2. The number of likely N-dealkylation sites (N-methyl/N-ethyl adjacent to an activating group) is 1. The number of β-amino-alcohol motifs (C(OH)–C–C–N with tert-alkyl or cyclic N) is 1. The van der Waals surface area contributed by atoms with E-state index >= 15 is 0 Å². The summed E-state index contributed by atoms with van der Waals surface area (Å²) in [7, 11) is 2.07. The zero-order valence-corrected chi connectivity index (χ0v) is 13.6. The van der Waals surface area contributed by atoms with Crippen molar-refractivity contribution in [2.24, 2.45) is 0 Å². The van der Waals surface area contributed by atoms with Crippen molar-refractivity contribution in [1.82, 2.24) is 19.7 Å². The Kier molecular flexibility index (Phi) is 4.97. The fourth-order valence-corrected chi connectivity index (χ4v) is 3.15. The van der Waals surface area contributed by atoms with Crippen LogP contribution < -0.4 is 4.90 Å². The summed E-state index contributed by atoms with van der Waals surface area (Å²) in [5.74, 6) is 0. The van der Waals surface area contributed by atoms with E-state index in [1.165, 1.54) is 0 Å². The quantitative estimate of drug-likeness (QED) is 0.785. The Balaban J connectivity index is 1.63. The van der Waals surface area contributed by atoms with E-state index in [2.05, 4.69) is 21.8 Å². The van der Waals surface area contributed by atoms with Gasteiger partial charge in [0.2, 0.25) is 0 Å². The van der Waals surface area contributed by atoms with E-state index in [1.54, 1.807) is 17.3 Å². The smallest absolute Gasteiger partial charge is 0.320 e. The van der Waals surface area contributed by atoms with Gasteiger partial charge in [0.25, 0.3) is 0 Å². The number of carbonyl (C=O) groups excluding carboxylic acids is 1. The molecule has 2 aliphatic heterocycles. The van der Waals surface area contributed by atoms with Crippen molar-refractivity contribution < 1.29 is 9.90 Å². The Morgan fingerprint density at radius 2 is 1.70 bits per heavy atom. The van der Waals surface area contributed by atoms with Crippen LogP contribution in [0.5, 0.6) is 0 Å². The van der Waals surface area contributed by atoms with Crippen LogP contribution in [0.25, 0.3) is 0 Å². The molecule has 23 heavy (non-hydrogen) atoms. The van der Waals surface area contributed by atoms with Gasteiger partial charge in [-0.25, -0.2) is 4.79 Å². The molecule has 0 bridgehead atoms. The molecule has 1 aromatic rings. The molecule has 0 radical (unpaired) electrons. The highest BCUT2D eigenvalue weighted by molar-refractivity contribution is 5.74. The summed E-state index contributed by atoms with van der Waals surface area (Å²) in [5, 5.41) is 10.3. The lowest BCUT2D eigenvalue weighted by molar-refractivity contribution is 0.101. The molecule has 126 valence electrons. The third-order valence-corrected chi connectivity index (χ3v) is 4.57. The van der Waals surface area contributed by atoms with Crippen molar-refractivity contribution >= 4 is 11.7 Å². The minimum absolute atomic E-state index is 0.0497. The molecule has 2 amide bonds.